The second-order valence-corrected chi connectivity index (χ2v) is 6.06. The molecular weight excluding hydrogens is 305 g/mol. The minimum atomic E-state index is -0.267. The maximum absolute atomic E-state index is 13.6. The lowest BCUT2D eigenvalue weighted by Crippen LogP contribution is -2.06. The van der Waals surface area contributed by atoms with Crippen molar-refractivity contribution in [2.75, 3.05) is 12.4 Å². The molecule has 0 aliphatic heterocycles. The van der Waals surface area contributed by atoms with Gasteiger partial charge in [-0.3, -0.25) is 4.98 Å². The Morgan fingerprint density at radius 2 is 2.08 bits per heavy atom. The number of oxime groups is 1. The van der Waals surface area contributed by atoms with E-state index in [0.717, 1.165) is 42.6 Å². The van der Waals surface area contributed by atoms with Crippen LogP contribution in [0.3, 0.4) is 0 Å². The fourth-order valence-electron chi connectivity index (χ4n) is 3.05. The van der Waals surface area contributed by atoms with Crippen molar-refractivity contribution in [2.45, 2.75) is 39.2 Å². The van der Waals surface area contributed by atoms with Crippen molar-refractivity contribution in [1.29, 1.82) is 0 Å². The van der Waals surface area contributed by atoms with Crippen LogP contribution in [0.2, 0.25) is 0 Å². The molecule has 0 spiro atoms. The van der Waals surface area contributed by atoms with Crippen LogP contribution in [-0.4, -0.2) is 17.8 Å². The van der Waals surface area contributed by atoms with Gasteiger partial charge in [-0.25, -0.2) is 4.39 Å². The molecular formula is C19H22FN3O. The van der Waals surface area contributed by atoms with Crippen LogP contribution in [0.15, 0.2) is 35.7 Å². The van der Waals surface area contributed by atoms with Crippen LogP contribution in [0.25, 0.3) is 0 Å². The van der Waals surface area contributed by atoms with Crippen LogP contribution < -0.4 is 5.32 Å². The van der Waals surface area contributed by atoms with Crippen molar-refractivity contribution in [2.24, 2.45) is 5.16 Å². The minimum absolute atomic E-state index is 0.267. The van der Waals surface area contributed by atoms with Crippen molar-refractivity contribution < 1.29 is 9.23 Å². The molecule has 0 bridgehead atoms. The molecule has 0 saturated carbocycles. The van der Waals surface area contributed by atoms with E-state index in [4.69, 9.17) is 4.84 Å². The van der Waals surface area contributed by atoms with E-state index in [2.05, 4.69) is 27.6 Å². The SMILES string of the molecule is CON=C1CCCCc2cc(NCc3cncc(F)c3C)ccc21. The van der Waals surface area contributed by atoms with Crippen molar-refractivity contribution in [1.82, 2.24) is 4.98 Å². The number of nitrogens with one attached hydrogen (secondary N) is 1. The summed E-state index contributed by atoms with van der Waals surface area (Å²) in [5.41, 5.74) is 6.00. The number of fused-ring (bicyclic) bond motifs is 1. The third-order valence-corrected chi connectivity index (χ3v) is 4.47. The summed E-state index contributed by atoms with van der Waals surface area (Å²) < 4.78 is 13.6. The highest BCUT2D eigenvalue weighted by Crippen LogP contribution is 2.25. The van der Waals surface area contributed by atoms with Gasteiger partial charge >= 0.3 is 0 Å². The number of pyridine rings is 1. The van der Waals surface area contributed by atoms with Gasteiger partial charge in [0.25, 0.3) is 0 Å². The molecule has 1 aliphatic carbocycles. The summed E-state index contributed by atoms with van der Waals surface area (Å²) in [5, 5.41) is 7.54. The molecule has 0 atom stereocenters. The molecule has 126 valence electrons. The maximum Gasteiger partial charge on any atom is 0.144 e. The zero-order valence-corrected chi connectivity index (χ0v) is 14.1. The molecule has 0 amide bonds. The third-order valence-electron chi connectivity index (χ3n) is 4.47. The molecule has 2 aromatic rings. The van der Waals surface area contributed by atoms with E-state index >= 15 is 0 Å². The standard InChI is InChI=1S/C19H22FN3O/c1-13-15(10-21-12-18(13)20)11-22-16-7-8-17-14(9-16)5-3-4-6-19(17)23-24-2/h7-10,12,22H,3-6,11H2,1-2H3. The van der Waals surface area contributed by atoms with Crippen molar-refractivity contribution in [3.8, 4) is 0 Å². The Hall–Kier alpha value is -2.43. The zero-order valence-electron chi connectivity index (χ0n) is 14.1. The molecule has 5 heteroatoms. The van der Waals surface area contributed by atoms with Crippen LogP contribution in [0, 0.1) is 12.7 Å². The Labute approximate surface area is 141 Å². The molecule has 3 rings (SSSR count). The van der Waals surface area contributed by atoms with Crippen LogP contribution in [0.5, 0.6) is 0 Å². The molecule has 1 aromatic carbocycles. The summed E-state index contributed by atoms with van der Waals surface area (Å²) in [6.07, 6.45) is 7.20. The number of hydrogen-bond acceptors (Lipinski definition) is 4. The normalized spacial score (nSPS) is 15.7. The lowest BCUT2D eigenvalue weighted by molar-refractivity contribution is 0.213. The van der Waals surface area contributed by atoms with Gasteiger partial charge in [-0.2, -0.15) is 0 Å². The van der Waals surface area contributed by atoms with Gasteiger partial charge in [0.05, 0.1) is 11.9 Å². The molecule has 0 fully saturated rings. The summed E-state index contributed by atoms with van der Waals surface area (Å²) in [5.74, 6) is -0.267. The Morgan fingerprint density at radius 3 is 2.92 bits per heavy atom. The van der Waals surface area contributed by atoms with Crippen molar-refractivity contribution >= 4 is 11.4 Å². The van der Waals surface area contributed by atoms with Crippen LogP contribution in [-0.2, 0) is 17.8 Å². The highest BCUT2D eigenvalue weighted by molar-refractivity contribution is 6.02. The lowest BCUT2D eigenvalue weighted by Gasteiger charge is -2.13. The van der Waals surface area contributed by atoms with Crippen LogP contribution in [0.4, 0.5) is 10.1 Å². The van der Waals surface area contributed by atoms with Gasteiger partial charge in [0, 0.05) is 24.0 Å². The van der Waals surface area contributed by atoms with E-state index in [0.29, 0.717) is 12.1 Å². The first-order valence-corrected chi connectivity index (χ1v) is 8.25. The fourth-order valence-corrected chi connectivity index (χ4v) is 3.05. The number of aryl methyl sites for hydroxylation is 1. The van der Waals surface area contributed by atoms with Gasteiger partial charge in [-0.1, -0.05) is 11.2 Å². The van der Waals surface area contributed by atoms with E-state index in [1.807, 2.05) is 6.07 Å². The lowest BCUT2D eigenvalue weighted by atomic mass is 10.0. The van der Waals surface area contributed by atoms with Crippen molar-refractivity contribution in [3.63, 3.8) is 0 Å². The number of rotatable bonds is 4. The molecule has 0 unspecified atom stereocenters. The summed E-state index contributed by atoms with van der Waals surface area (Å²) >= 11 is 0. The largest absolute Gasteiger partial charge is 0.399 e. The molecule has 0 saturated heterocycles. The van der Waals surface area contributed by atoms with E-state index in [1.54, 1.807) is 20.2 Å². The van der Waals surface area contributed by atoms with Crippen molar-refractivity contribution in [3.05, 3.63) is 58.7 Å². The first-order chi connectivity index (χ1) is 11.7. The Morgan fingerprint density at radius 1 is 1.25 bits per heavy atom. The maximum atomic E-state index is 13.6. The number of hydrogen-bond donors (Lipinski definition) is 1. The highest BCUT2D eigenvalue weighted by Gasteiger charge is 2.15. The Kier molecular flexibility index (Phi) is 5.08. The van der Waals surface area contributed by atoms with Crippen LogP contribution in [0.1, 0.15) is 41.5 Å². The smallest absolute Gasteiger partial charge is 0.144 e. The van der Waals surface area contributed by atoms with Crippen LogP contribution >= 0.6 is 0 Å². The van der Waals surface area contributed by atoms with E-state index < -0.39 is 0 Å². The number of benzene rings is 1. The predicted octanol–water partition coefficient (Wildman–Crippen LogP) is 4.22. The molecule has 1 N–H and O–H groups in total. The minimum Gasteiger partial charge on any atom is -0.399 e. The average molecular weight is 327 g/mol. The average Bonchev–Trinajstić information content (AvgIpc) is 2.79. The second kappa shape index (κ2) is 7.43. The quantitative estimate of drug-likeness (QED) is 0.675. The summed E-state index contributed by atoms with van der Waals surface area (Å²) in [6, 6.07) is 6.29. The molecule has 0 radical (unpaired) electrons. The van der Waals surface area contributed by atoms with Gasteiger partial charge in [0.15, 0.2) is 0 Å². The molecule has 1 heterocycles. The van der Waals surface area contributed by atoms with Gasteiger partial charge in [-0.15, -0.1) is 0 Å². The van der Waals surface area contributed by atoms with Gasteiger partial charge < -0.3 is 10.2 Å². The van der Waals surface area contributed by atoms with Gasteiger partial charge in [0.2, 0.25) is 0 Å². The van der Waals surface area contributed by atoms with Gasteiger partial charge in [-0.05, 0) is 61.4 Å². The number of nitrogens with zero attached hydrogens (tertiary/aromatic N) is 2. The summed E-state index contributed by atoms with van der Waals surface area (Å²) in [7, 11) is 1.59. The van der Waals surface area contributed by atoms with Gasteiger partial charge in [0.1, 0.15) is 12.9 Å². The number of aromatic nitrogens is 1. The third kappa shape index (κ3) is 3.55. The molecule has 24 heavy (non-hydrogen) atoms. The fraction of sp³-hybridized carbons (Fsp3) is 0.368. The topological polar surface area (TPSA) is 46.5 Å². The first-order valence-electron chi connectivity index (χ1n) is 8.25. The monoisotopic (exact) mass is 327 g/mol. The number of anilines is 1. The molecule has 1 aromatic heterocycles. The van der Waals surface area contributed by atoms with E-state index in [1.165, 1.54) is 17.3 Å². The highest BCUT2D eigenvalue weighted by atomic mass is 19.1. The van der Waals surface area contributed by atoms with E-state index in [9.17, 15) is 4.39 Å². The molecule has 1 aliphatic rings. The second-order valence-electron chi connectivity index (χ2n) is 6.06. The zero-order chi connectivity index (χ0) is 16.9. The number of halogens is 1. The Balaban J connectivity index is 1.80. The predicted molar refractivity (Wildman–Crippen MR) is 93.8 cm³/mol. The Bertz CT molecular complexity index is 758. The summed E-state index contributed by atoms with van der Waals surface area (Å²) in [4.78, 5) is 8.91. The van der Waals surface area contributed by atoms with E-state index in [-0.39, 0.29) is 5.82 Å². The summed E-state index contributed by atoms with van der Waals surface area (Å²) in [6.45, 7) is 2.33. The first kappa shape index (κ1) is 16.4. The molecule has 4 nitrogen and oxygen atoms in total.